The average Bonchev–Trinajstić information content (AvgIpc) is 2.30. The topological polar surface area (TPSA) is 69.4 Å². The Kier molecular flexibility index (Phi) is 4.70. The van der Waals surface area contributed by atoms with Gasteiger partial charge in [-0.05, 0) is 13.0 Å². The van der Waals surface area contributed by atoms with E-state index in [0.29, 0.717) is 12.2 Å². The molecule has 0 aliphatic carbocycles. The van der Waals surface area contributed by atoms with Crippen LogP contribution in [-0.2, 0) is 9.53 Å². The molecule has 88 valence electrons. The van der Waals surface area contributed by atoms with Crippen LogP contribution in [0.2, 0.25) is 0 Å². The van der Waals surface area contributed by atoms with E-state index in [1.165, 1.54) is 12.1 Å². The normalized spacial score (nSPS) is 9.00. The minimum absolute atomic E-state index is 0.0659. The molecule has 0 amide bonds. The third kappa shape index (κ3) is 3.95. The number of esters is 1. The Morgan fingerprint density at radius 2 is 2.18 bits per heavy atom. The highest BCUT2D eigenvalue weighted by atomic mass is 16.6. The van der Waals surface area contributed by atoms with Crippen molar-refractivity contribution in [2.24, 2.45) is 0 Å². The number of rotatable bonds is 3. The predicted molar refractivity (Wildman–Crippen MR) is 61.2 cm³/mol. The lowest BCUT2D eigenvalue weighted by molar-refractivity contribution is -0.385. The number of benzene rings is 1. The largest absolute Gasteiger partial charge is 0.465 e. The Balaban J connectivity index is 2.78. The van der Waals surface area contributed by atoms with Gasteiger partial charge in [0, 0.05) is 6.07 Å². The van der Waals surface area contributed by atoms with Gasteiger partial charge in [-0.15, -0.1) is 0 Å². The van der Waals surface area contributed by atoms with Gasteiger partial charge in [-0.3, -0.25) is 14.9 Å². The van der Waals surface area contributed by atoms with E-state index in [1.54, 1.807) is 19.1 Å². The fraction of sp³-hybridized carbons (Fsp3) is 0.250. The van der Waals surface area contributed by atoms with Crippen molar-refractivity contribution >= 4 is 11.7 Å². The van der Waals surface area contributed by atoms with Crippen LogP contribution in [0.25, 0.3) is 0 Å². The predicted octanol–water partition coefficient (Wildman–Crippen LogP) is 1.90. The Morgan fingerprint density at radius 3 is 2.82 bits per heavy atom. The highest BCUT2D eigenvalue weighted by molar-refractivity contribution is 5.72. The molecule has 1 aromatic rings. The molecule has 5 heteroatoms. The Bertz CT molecular complexity index is 485. The molecule has 0 unspecified atom stereocenters. The van der Waals surface area contributed by atoms with Gasteiger partial charge >= 0.3 is 5.97 Å². The van der Waals surface area contributed by atoms with E-state index in [-0.39, 0.29) is 12.1 Å². The van der Waals surface area contributed by atoms with E-state index in [1.807, 2.05) is 0 Å². The van der Waals surface area contributed by atoms with Gasteiger partial charge in [-0.2, -0.15) is 0 Å². The van der Waals surface area contributed by atoms with Gasteiger partial charge in [0.15, 0.2) is 0 Å². The lowest BCUT2D eigenvalue weighted by Gasteiger charge is -1.95. The molecule has 1 aromatic carbocycles. The Morgan fingerprint density at radius 1 is 1.47 bits per heavy atom. The van der Waals surface area contributed by atoms with Crippen LogP contribution in [-0.4, -0.2) is 17.5 Å². The van der Waals surface area contributed by atoms with Crippen LogP contribution in [0, 0.1) is 22.0 Å². The fourth-order valence-electron chi connectivity index (χ4n) is 1.16. The number of para-hydroxylation sites is 1. The number of hydrogen-bond donors (Lipinski definition) is 0. The third-order valence-corrected chi connectivity index (χ3v) is 1.86. The van der Waals surface area contributed by atoms with E-state index in [2.05, 4.69) is 16.6 Å². The average molecular weight is 233 g/mol. The molecule has 0 bridgehead atoms. The monoisotopic (exact) mass is 233 g/mol. The molecule has 0 N–H and O–H groups in total. The summed E-state index contributed by atoms with van der Waals surface area (Å²) in [6, 6.07) is 6.13. The summed E-state index contributed by atoms with van der Waals surface area (Å²) in [5, 5.41) is 10.7. The SMILES string of the molecule is CCOC(=O)CC#Cc1ccccc1[N+](=O)[O-]. The second-order valence-corrected chi connectivity index (χ2v) is 3.06. The molecule has 0 saturated heterocycles. The summed E-state index contributed by atoms with van der Waals surface area (Å²) < 4.78 is 4.68. The van der Waals surface area contributed by atoms with Crippen molar-refractivity contribution in [1.82, 2.24) is 0 Å². The zero-order valence-electron chi connectivity index (χ0n) is 9.30. The zero-order valence-corrected chi connectivity index (χ0v) is 9.30. The second-order valence-electron chi connectivity index (χ2n) is 3.06. The molecule has 0 heterocycles. The summed E-state index contributed by atoms with van der Waals surface area (Å²) in [7, 11) is 0. The van der Waals surface area contributed by atoms with Crippen molar-refractivity contribution in [2.75, 3.05) is 6.61 Å². The van der Waals surface area contributed by atoms with Crippen LogP contribution < -0.4 is 0 Å². The highest BCUT2D eigenvalue weighted by Gasteiger charge is 2.09. The molecule has 0 spiro atoms. The molecule has 0 radical (unpaired) electrons. The first-order valence-electron chi connectivity index (χ1n) is 5.03. The lowest BCUT2D eigenvalue weighted by atomic mass is 10.2. The maximum absolute atomic E-state index is 11.0. The summed E-state index contributed by atoms with van der Waals surface area (Å²) >= 11 is 0. The van der Waals surface area contributed by atoms with Crippen molar-refractivity contribution < 1.29 is 14.5 Å². The van der Waals surface area contributed by atoms with Gasteiger partial charge in [0.05, 0.1) is 11.5 Å². The van der Waals surface area contributed by atoms with Crippen LogP contribution in [0.1, 0.15) is 18.9 Å². The number of hydrogen-bond acceptors (Lipinski definition) is 4. The number of carbonyl (C=O) groups excluding carboxylic acids is 1. The van der Waals surface area contributed by atoms with Crippen molar-refractivity contribution in [2.45, 2.75) is 13.3 Å². The Hall–Kier alpha value is -2.35. The second kappa shape index (κ2) is 6.28. The summed E-state index contributed by atoms with van der Waals surface area (Å²) in [6.45, 7) is 2.00. The molecule has 5 nitrogen and oxygen atoms in total. The lowest BCUT2D eigenvalue weighted by Crippen LogP contribution is -2.01. The molecular weight excluding hydrogens is 222 g/mol. The van der Waals surface area contributed by atoms with Gasteiger partial charge in [0.2, 0.25) is 0 Å². The van der Waals surface area contributed by atoms with E-state index < -0.39 is 10.9 Å². The number of carbonyl (C=O) groups is 1. The molecular formula is C12H11NO4. The first-order valence-corrected chi connectivity index (χ1v) is 5.03. The smallest absolute Gasteiger partial charge is 0.317 e. The molecule has 0 saturated carbocycles. The summed E-state index contributed by atoms with van der Waals surface area (Å²) in [4.78, 5) is 21.2. The van der Waals surface area contributed by atoms with Crippen LogP contribution >= 0.6 is 0 Å². The van der Waals surface area contributed by atoms with Gasteiger partial charge < -0.3 is 4.74 Å². The Labute approximate surface area is 98.5 Å². The fourth-order valence-corrected chi connectivity index (χ4v) is 1.16. The minimum Gasteiger partial charge on any atom is -0.465 e. The minimum atomic E-state index is -0.506. The third-order valence-electron chi connectivity index (χ3n) is 1.86. The first-order chi connectivity index (χ1) is 8.15. The number of ether oxygens (including phenoxy) is 1. The quantitative estimate of drug-likeness (QED) is 0.346. The van der Waals surface area contributed by atoms with Gasteiger partial charge in [0.1, 0.15) is 12.0 Å². The standard InChI is InChI=1S/C12H11NO4/c1-2-17-12(14)9-5-7-10-6-3-4-8-11(10)13(15)16/h3-4,6,8H,2,9H2,1H3. The summed E-state index contributed by atoms with van der Waals surface area (Å²) in [6.07, 6.45) is -0.0696. The molecule has 0 fully saturated rings. The van der Waals surface area contributed by atoms with Gasteiger partial charge in [0.25, 0.3) is 5.69 Å². The molecule has 0 aliphatic heterocycles. The zero-order chi connectivity index (χ0) is 12.7. The number of nitro benzene ring substituents is 1. The maximum atomic E-state index is 11.0. The number of nitrogens with zero attached hydrogens (tertiary/aromatic N) is 1. The molecule has 0 aliphatic rings. The van der Waals surface area contributed by atoms with Crippen molar-refractivity contribution in [3.63, 3.8) is 0 Å². The van der Waals surface area contributed by atoms with Gasteiger partial charge in [-0.25, -0.2) is 0 Å². The molecule has 0 aromatic heterocycles. The van der Waals surface area contributed by atoms with Crippen LogP contribution in [0.15, 0.2) is 24.3 Å². The number of nitro groups is 1. The summed E-state index contributed by atoms with van der Waals surface area (Å²) in [5.74, 6) is 4.71. The van der Waals surface area contributed by atoms with Crippen LogP contribution in [0.4, 0.5) is 5.69 Å². The highest BCUT2D eigenvalue weighted by Crippen LogP contribution is 2.15. The van der Waals surface area contributed by atoms with Crippen LogP contribution in [0.5, 0.6) is 0 Å². The molecule has 17 heavy (non-hydrogen) atoms. The molecule has 1 rings (SSSR count). The first kappa shape index (κ1) is 12.7. The van der Waals surface area contributed by atoms with Crippen molar-refractivity contribution in [1.29, 1.82) is 0 Å². The van der Waals surface area contributed by atoms with E-state index in [0.717, 1.165) is 0 Å². The van der Waals surface area contributed by atoms with Crippen LogP contribution in [0.3, 0.4) is 0 Å². The van der Waals surface area contributed by atoms with E-state index in [4.69, 9.17) is 0 Å². The van der Waals surface area contributed by atoms with E-state index >= 15 is 0 Å². The maximum Gasteiger partial charge on any atom is 0.317 e. The molecule has 0 atom stereocenters. The van der Waals surface area contributed by atoms with Crippen molar-refractivity contribution in [3.05, 3.63) is 39.9 Å². The van der Waals surface area contributed by atoms with Gasteiger partial charge in [-0.1, -0.05) is 24.0 Å². The summed E-state index contributed by atoms with van der Waals surface area (Å²) in [5.41, 5.74) is 0.227. The van der Waals surface area contributed by atoms with Crippen molar-refractivity contribution in [3.8, 4) is 11.8 Å². The van der Waals surface area contributed by atoms with E-state index in [9.17, 15) is 14.9 Å².